The molecule has 0 atom stereocenters. The third-order valence-corrected chi connectivity index (χ3v) is 5.47. The predicted octanol–water partition coefficient (Wildman–Crippen LogP) is 6.04. The molecule has 4 rings (SSSR count). The molecule has 0 unspecified atom stereocenters. The molecule has 1 aliphatic rings. The van der Waals surface area contributed by atoms with Crippen molar-refractivity contribution in [3.63, 3.8) is 0 Å². The van der Waals surface area contributed by atoms with Gasteiger partial charge < -0.3 is 10.6 Å². The van der Waals surface area contributed by atoms with Crippen molar-refractivity contribution in [2.24, 2.45) is 0 Å². The smallest absolute Gasteiger partial charge is 0.269 e. The van der Waals surface area contributed by atoms with Crippen molar-refractivity contribution < 1.29 is 4.92 Å². The van der Waals surface area contributed by atoms with E-state index >= 15 is 0 Å². The van der Waals surface area contributed by atoms with Gasteiger partial charge in [-0.25, -0.2) is 0 Å². The number of thioether (sulfide) groups is 1. The van der Waals surface area contributed by atoms with Gasteiger partial charge in [0, 0.05) is 28.9 Å². The third kappa shape index (κ3) is 4.02. The Kier molecular flexibility index (Phi) is 5.10. The molecule has 0 aromatic heterocycles. The Hall–Kier alpha value is -3.51. The number of nitro groups is 1. The van der Waals surface area contributed by atoms with E-state index < -0.39 is 0 Å². The second kappa shape index (κ2) is 7.85. The fourth-order valence-electron chi connectivity index (χ4n) is 3.21. The van der Waals surface area contributed by atoms with Crippen LogP contribution in [0.2, 0.25) is 0 Å². The molecule has 1 heterocycles. The number of nitrogen functional groups attached to an aromatic ring is 1. The first-order chi connectivity index (χ1) is 14.0. The van der Waals surface area contributed by atoms with E-state index in [-0.39, 0.29) is 10.6 Å². The summed E-state index contributed by atoms with van der Waals surface area (Å²) in [4.78, 5) is 12.8. The number of aryl methyl sites for hydroxylation is 1. The minimum Gasteiger partial charge on any atom is -0.399 e. The molecule has 0 fully saturated rings. The summed E-state index contributed by atoms with van der Waals surface area (Å²) in [5.41, 5.74) is 11.8. The van der Waals surface area contributed by atoms with Gasteiger partial charge in [0.2, 0.25) is 0 Å². The number of hydrogen-bond acceptors (Lipinski definition) is 5. The lowest BCUT2D eigenvalue weighted by atomic mass is 10.1. The Labute approximate surface area is 173 Å². The highest BCUT2D eigenvalue weighted by Crippen LogP contribution is 2.44. The summed E-state index contributed by atoms with van der Waals surface area (Å²) in [5, 5.41) is 14.1. The molecule has 0 saturated heterocycles. The molecule has 6 heteroatoms. The molecule has 2 N–H and O–H groups in total. The van der Waals surface area contributed by atoms with Gasteiger partial charge >= 0.3 is 0 Å². The highest BCUT2D eigenvalue weighted by atomic mass is 32.2. The second-order valence-corrected chi connectivity index (χ2v) is 7.64. The van der Waals surface area contributed by atoms with E-state index in [2.05, 4.69) is 41.5 Å². The molecule has 5 nitrogen and oxygen atoms in total. The molecule has 0 saturated carbocycles. The van der Waals surface area contributed by atoms with Gasteiger partial charge in [-0.05, 0) is 66.1 Å². The summed E-state index contributed by atoms with van der Waals surface area (Å²) < 4.78 is 0. The van der Waals surface area contributed by atoms with Crippen LogP contribution >= 0.6 is 11.8 Å². The van der Waals surface area contributed by atoms with Crippen LogP contribution in [0, 0.1) is 17.0 Å². The van der Waals surface area contributed by atoms with Crippen LogP contribution in [0.15, 0.2) is 83.2 Å². The van der Waals surface area contributed by atoms with Crippen LogP contribution in [0.4, 0.5) is 17.1 Å². The first-order valence-corrected chi connectivity index (χ1v) is 9.95. The van der Waals surface area contributed by atoms with Gasteiger partial charge in [0.25, 0.3) is 5.69 Å². The summed E-state index contributed by atoms with van der Waals surface area (Å²) in [6.07, 6.45) is 2.10. The summed E-state index contributed by atoms with van der Waals surface area (Å²) in [6.45, 7) is 2.06. The van der Waals surface area contributed by atoms with E-state index in [0.717, 1.165) is 33.1 Å². The number of nitro benzene ring substituents is 1. The zero-order chi connectivity index (χ0) is 20.4. The summed E-state index contributed by atoms with van der Waals surface area (Å²) in [6, 6.07) is 22.7. The van der Waals surface area contributed by atoms with Crippen LogP contribution in [0.3, 0.4) is 0 Å². The fraction of sp³-hybridized carbons (Fsp3) is 0.0435. The number of benzene rings is 3. The minimum atomic E-state index is -0.384. The lowest BCUT2D eigenvalue weighted by Gasteiger charge is -2.24. The van der Waals surface area contributed by atoms with Gasteiger partial charge in [0.1, 0.15) is 0 Å². The van der Waals surface area contributed by atoms with Crippen LogP contribution < -0.4 is 10.6 Å². The van der Waals surface area contributed by atoms with Crippen molar-refractivity contribution in [2.45, 2.75) is 6.92 Å². The van der Waals surface area contributed by atoms with Crippen LogP contribution in [0.1, 0.15) is 16.7 Å². The van der Waals surface area contributed by atoms with Crippen molar-refractivity contribution in [3.05, 3.63) is 110 Å². The highest BCUT2D eigenvalue weighted by Gasteiger charge is 2.25. The van der Waals surface area contributed by atoms with Gasteiger partial charge in [0.15, 0.2) is 0 Å². The molecule has 0 amide bonds. The number of anilines is 2. The Balaban J connectivity index is 1.77. The van der Waals surface area contributed by atoms with E-state index in [4.69, 9.17) is 5.73 Å². The molecular formula is C23H19N3O2S. The zero-order valence-electron chi connectivity index (χ0n) is 15.8. The van der Waals surface area contributed by atoms with E-state index in [1.807, 2.05) is 30.3 Å². The fourth-order valence-corrected chi connectivity index (χ4v) is 4.20. The lowest BCUT2D eigenvalue weighted by molar-refractivity contribution is -0.384. The Morgan fingerprint density at radius 3 is 2.48 bits per heavy atom. The van der Waals surface area contributed by atoms with E-state index in [0.29, 0.717) is 5.69 Å². The third-order valence-electron chi connectivity index (χ3n) is 4.59. The van der Waals surface area contributed by atoms with E-state index in [1.165, 1.54) is 12.1 Å². The first-order valence-electron chi connectivity index (χ1n) is 9.07. The topological polar surface area (TPSA) is 72.4 Å². The van der Waals surface area contributed by atoms with Crippen LogP contribution in [-0.2, 0) is 0 Å². The highest BCUT2D eigenvalue weighted by molar-refractivity contribution is 8.06. The van der Waals surface area contributed by atoms with Gasteiger partial charge in [-0.2, -0.15) is 0 Å². The summed E-state index contributed by atoms with van der Waals surface area (Å²) in [7, 11) is 0. The van der Waals surface area contributed by atoms with Crippen molar-refractivity contribution in [1.29, 1.82) is 0 Å². The largest absolute Gasteiger partial charge is 0.399 e. The number of nitrogens with zero attached hydrogens (tertiary/aromatic N) is 2. The molecule has 0 bridgehead atoms. The molecule has 3 aromatic rings. The maximum absolute atomic E-state index is 11.0. The summed E-state index contributed by atoms with van der Waals surface area (Å²) >= 11 is 1.62. The van der Waals surface area contributed by atoms with Gasteiger partial charge in [0.05, 0.1) is 15.6 Å². The lowest BCUT2D eigenvalue weighted by Crippen LogP contribution is -2.15. The maximum Gasteiger partial charge on any atom is 0.269 e. The minimum absolute atomic E-state index is 0.0811. The molecule has 0 radical (unpaired) electrons. The average Bonchev–Trinajstić information content (AvgIpc) is 3.11. The van der Waals surface area contributed by atoms with Crippen molar-refractivity contribution >= 4 is 40.6 Å². The monoisotopic (exact) mass is 401 g/mol. The van der Waals surface area contributed by atoms with E-state index in [9.17, 15) is 10.1 Å². The Morgan fingerprint density at radius 1 is 1.03 bits per heavy atom. The zero-order valence-corrected chi connectivity index (χ0v) is 16.6. The van der Waals surface area contributed by atoms with Gasteiger partial charge in [-0.15, -0.1) is 0 Å². The quantitative estimate of drug-likeness (QED) is 0.328. The van der Waals surface area contributed by atoms with Gasteiger partial charge in [-0.3, -0.25) is 10.1 Å². The van der Waals surface area contributed by atoms with Gasteiger partial charge in [-0.1, -0.05) is 36.0 Å². The number of nitrogens with two attached hydrogens (primary N) is 1. The molecule has 0 spiro atoms. The molecule has 1 aliphatic heterocycles. The normalized spacial score (nSPS) is 14.9. The Morgan fingerprint density at radius 2 is 1.79 bits per heavy atom. The van der Waals surface area contributed by atoms with Crippen LogP contribution in [0.5, 0.6) is 0 Å². The molecular weight excluding hydrogens is 382 g/mol. The molecule has 3 aromatic carbocycles. The Bertz CT molecular complexity index is 1140. The summed E-state index contributed by atoms with van der Waals surface area (Å²) in [5.74, 6) is 0. The molecule has 0 aliphatic carbocycles. The first kappa shape index (κ1) is 18.8. The van der Waals surface area contributed by atoms with Crippen molar-refractivity contribution in [2.75, 3.05) is 10.6 Å². The second-order valence-electron chi connectivity index (χ2n) is 6.75. The molecule has 29 heavy (non-hydrogen) atoms. The number of rotatable bonds is 4. The van der Waals surface area contributed by atoms with Crippen LogP contribution in [0.25, 0.3) is 11.8 Å². The maximum atomic E-state index is 11.0. The van der Waals surface area contributed by atoms with E-state index in [1.54, 1.807) is 23.9 Å². The van der Waals surface area contributed by atoms with Crippen LogP contribution in [-0.4, -0.2) is 4.92 Å². The SMILES string of the molecule is Cc1cccc(N2C(c3ccc([N+](=O)[O-])cc3)=CS/C2=C/c2cccc(N)c2)c1. The van der Waals surface area contributed by atoms with Crippen molar-refractivity contribution in [1.82, 2.24) is 0 Å². The average molecular weight is 401 g/mol. The standard InChI is InChI=1S/C23H19N3O2S/c1-16-4-2-7-21(12-16)25-22(18-8-10-20(11-9-18)26(27)28)15-29-23(25)14-17-5-3-6-19(24)13-17/h2-15H,24H2,1H3/b23-14+. The predicted molar refractivity (Wildman–Crippen MR) is 121 cm³/mol. The number of non-ortho nitro benzene ring substituents is 1. The number of hydrogen-bond donors (Lipinski definition) is 1. The van der Waals surface area contributed by atoms with Crippen molar-refractivity contribution in [3.8, 4) is 0 Å². The molecule has 144 valence electrons.